The summed E-state index contributed by atoms with van der Waals surface area (Å²) in [5, 5.41) is 7.76. The monoisotopic (exact) mass is 316 g/mol. The molecule has 0 spiro atoms. The van der Waals surface area contributed by atoms with Crippen LogP contribution in [0.3, 0.4) is 0 Å². The Morgan fingerprint density at radius 3 is 2.53 bits per heavy atom. The fraction of sp³-hybridized carbons (Fsp3) is 0.182. The molecule has 3 N–H and O–H groups in total. The Hall–Kier alpha value is -1.22. The second kappa shape index (κ2) is 5.41. The summed E-state index contributed by atoms with van der Waals surface area (Å²) in [6, 6.07) is 6.73. The molecule has 0 saturated heterocycles. The maximum Gasteiger partial charge on any atom is 0.261 e. The number of rotatable bonds is 4. The molecule has 102 valence electrons. The van der Waals surface area contributed by atoms with Crippen LogP contribution in [0.1, 0.15) is 19.4 Å². The highest BCUT2D eigenvalue weighted by molar-refractivity contribution is 7.91. The van der Waals surface area contributed by atoms with E-state index >= 15 is 0 Å². The molecule has 0 unspecified atom stereocenters. The van der Waals surface area contributed by atoms with Crippen LogP contribution in [0.25, 0.3) is 0 Å². The van der Waals surface area contributed by atoms with Gasteiger partial charge in [-0.25, -0.2) is 13.6 Å². The summed E-state index contributed by atoms with van der Waals surface area (Å²) in [4.78, 5) is 14.2. The van der Waals surface area contributed by atoms with Crippen LogP contribution in [0, 0.1) is 6.92 Å². The van der Waals surface area contributed by atoms with E-state index in [1.165, 1.54) is 17.4 Å². The van der Waals surface area contributed by atoms with Gasteiger partial charge in [-0.2, -0.15) is 0 Å². The van der Waals surface area contributed by atoms with E-state index in [9.17, 15) is 13.2 Å². The van der Waals surface area contributed by atoms with Gasteiger partial charge in [0.2, 0.25) is 10.0 Å². The minimum absolute atomic E-state index is 0.101. The lowest BCUT2D eigenvalue weighted by Crippen LogP contribution is -2.21. The minimum Gasteiger partial charge on any atom is -0.346 e. The van der Waals surface area contributed by atoms with Gasteiger partial charge >= 0.3 is 0 Å². The quantitative estimate of drug-likeness (QED) is 0.899. The van der Waals surface area contributed by atoms with Crippen LogP contribution in [0.5, 0.6) is 0 Å². The van der Waals surface area contributed by atoms with Crippen LogP contribution >= 0.6 is 22.7 Å². The van der Waals surface area contributed by atoms with Crippen LogP contribution in [0.4, 0.5) is 0 Å². The molecule has 2 aromatic rings. The van der Waals surface area contributed by atoms with Gasteiger partial charge in [0.25, 0.3) is 5.91 Å². The lowest BCUT2D eigenvalue weighted by Gasteiger charge is -2.00. The van der Waals surface area contributed by atoms with Crippen molar-refractivity contribution >= 4 is 38.6 Å². The van der Waals surface area contributed by atoms with Gasteiger partial charge in [-0.05, 0) is 31.2 Å². The molecule has 2 rings (SSSR count). The predicted octanol–water partition coefficient (Wildman–Crippen LogP) is 1.70. The fourth-order valence-corrected chi connectivity index (χ4v) is 3.92. The Morgan fingerprint density at radius 2 is 2.00 bits per heavy atom. The van der Waals surface area contributed by atoms with Crippen LogP contribution in [-0.4, -0.2) is 14.3 Å². The Balaban J connectivity index is 1.99. The third-order valence-corrected chi connectivity index (χ3v) is 5.83. The molecule has 0 fully saturated rings. The van der Waals surface area contributed by atoms with Crippen molar-refractivity contribution in [2.45, 2.75) is 17.7 Å². The molecule has 0 aliphatic rings. The summed E-state index contributed by atoms with van der Waals surface area (Å²) in [6.07, 6.45) is 0. The summed E-state index contributed by atoms with van der Waals surface area (Å²) in [5.74, 6) is -0.163. The molecule has 0 radical (unpaired) electrons. The van der Waals surface area contributed by atoms with E-state index in [1.54, 1.807) is 12.1 Å². The molecule has 5 nitrogen and oxygen atoms in total. The first-order valence-electron chi connectivity index (χ1n) is 5.32. The first kappa shape index (κ1) is 14.2. The van der Waals surface area contributed by atoms with E-state index in [0.29, 0.717) is 4.88 Å². The van der Waals surface area contributed by atoms with Gasteiger partial charge in [0.15, 0.2) is 0 Å². The molecular weight excluding hydrogens is 304 g/mol. The van der Waals surface area contributed by atoms with Crippen molar-refractivity contribution in [3.63, 3.8) is 0 Å². The number of nitrogens with two attached hydrogens (primary N) is 1. The summed E-state index contributed by atoms with van der Waals surface area (Å²) in [7, 11) is -3.66. The molecule has 0 aliphatic carbocycles. The van der Waals surface area contributed by atoms with E-state index in [4.69, 9.17) is 5.14 Å². The van der Waals surface area contributed by atoms with E-state index in [0.717, 1.165) is 21.1 Å². The molecule has 0 aromatic carbocycles. The summed E-state index contributed by atoms with van der Waals surface area (Å²) in [6.45, 7) is 2.22. The molecule has 0 bridgehead atoms. The Bertz CT molecular complexity index is 700. The molecule has 2 aromatic heterocycles. The number of aryl methyl sites for hydroxylation is 1. The molecule has 19 heavy (non-hydrogen) atoms. The van der Waals surface area contributed by atoms with Crippen LogP contribution in [-0.2, 0) is 16.6 Å². The molecule has 1 amide bonds. The van der Waals surface area contributed by atoms with Crippen LogP contribution in [0.15, 0.2) is 28.5 Å². The summed E-state index contributed by atoms with van der Waals surface area (Å²) >= 11 is 2.47. The number of nitrogens with one attached hydrogen (secondary N) is 1. The van der Waals surface area contributed by atoms with Gasteiger partial charge in [-0.3, -0.25) is 4.79 Å². The van der Waals surface area contributed by atoms with Crippen molar-refractivity contribution in [2.75, 3.05) is 0 Å². The van der Waals surface area contributed by atoms with E-state index in [1.807, 2.05) is 13.0 Å². The smallest absolute Gasteiger partial charge is 0.261 e. The molecule has 0 saturated carbocycles. The second-order valence-corrected chi connectivity index (χ2v) is 8.10. The van der Waals surface area contributed by atoms with Gasteiger partial charge in [-0.1, -0.05) is 0 Å². The first-order chi connectivity index (χ1) is 8.86. The predicted molar refractivity (Wildman–Crippen MR) is 75.9 cm³/mol. The van der Waals surface area contributed by atoms with Crippen LogP contribution < -0.4 is 10.5 Å². The number of carbonyl (C=O) groups excluding carboxylic acids is 1. The normalized spacial score (nSPS) is 11.5. The summed E-state index contributed by atoms with van der Waals surface area (Å²) < 4.78 is 22.3. The topological polar surface area (TPSA) is 89.3 Å². The Morgan fingerprint density at radius 1 is 1.26 bits per heavy atom. The standard InChI is InChI=1S/C11H12N2O3S3/c1-7-2-4-9(17-7)11(14)13-6-8-3-5-10(18-8)19(12,15)16/h2-5H,6H2,1H3,(H,13,14)(H2,12,15,16). The number of amides is 1. The highest BCUT2D eigenvalue weighted by Crippen LogP contribution is 2.20. The minimum atomic E-state index is -3.66. The maximum atomic E-state index is 11.8. The largest absolute Gasteiger partial charge is 0.346 e. The summed E-state index contributed by atoms with van der Waals surface area (Å²) in [5.41, 5.74) is 0. The Kier molecular flexibility index (Phi) is 4.04. The molecule has 8 heteroatoms. The van der Waals surface area contributed by atoms with E-state index in [2.05, 4.69) is 5.32 Å². The zero-order valence-electron chi connectivity index (χ0n) is 10.0. The first-order valence-corrected chi connectivity index (χ1v) is 8.50. The number of thiophene rings is 2. The molecule has 0 aliphatic heterocycles. The van der Waals surface area contributed by atoms with Crippen molar-refractivity contribution in [1.29, 1.82) is 0 Å². The highest BCUT2D eigenvalue weighted by atomic mass is 32.2. The SMILES string of the molecule is Cc1ccc(C(=O)NCc2ccc(S(N)(=O)=O)s2)s1. The van der Waals surface area contributed by atoms with Crippen molar-refractivity contribution in [2.24, 2.45) is 5.14 Å². The van der Waals surface area contributed by atoms with Crippen molar-refractivity contribution in [3.05, 3.63) is 38.9 Å². The maximum absolute atomic E-state index is 11.8. The third kappa shape index (κ3) is 3.63. The Labute approximate surface area is 119 Å². The van der Waals surface area contributed by atoms with Gasteiger partial charge < -0.3 is 5.32 Å². The van der Waals surface area contributed by atoms with Gasteiger partial charge in [-0.15, -0.1) is 22.7 Å². The van der Waals surface area contributed by atoms with Gasteiger partial charge in [0, 0.05) is 9.75 Å². The average Bonchev–Trinajstić information content (AvgIpc) is 2.93. The van der Waals surface area contributed by atoms with E-state index in [-0.39, 0.29) is 16.7 Å². The third-order valence-electron chi connectivity index (χ3n) is 2.30. The molecule has 0 atom stereocenters. The van der Waals surface area contributed by atoms with E-state index < -0.39 is 10.0 Å². The second-order valence-electron chi connectivity index (χ2n) is 3.86. The zero-order valence-corrected chi connectivity index (χ0v) is 12.5. The lowest BCUT2D eigenvalue weighted by molar-refractivity contribution is 0.0955. The average molecular weight is 316 g/mol. The number of primary sulfonamides is 1. The van der Waals surface area contributed by atoms with Crippen molar-refractivity contribution in [3.8, 4) is 0 Å². The fourth-order valence-electron chi connectivity index (χ4n) is 1.42. The number of carbonyl (C=O) groups is 1. The lowest BCUT2D eigenvalue weighted by atomic mass is 10.4. The number of hydrogen-bond donors (Lipinski definition) is 2. The van der Waals surface area contributed by atoms with Crippen LogP contribution in [0.2, 0.25) is 0 Å². The van der Waals surface area contributed by atoms with Gasteiger partial charge in [0.05, 0.1) is 11.4 Å². The number of hydrogen-bond acceptors (Lipinski definition) is 5. The number of sulfonamides is 1. The molecule has 2 heterocycles. The molecular formula is C11H12N2O3S3. The van der Waals surface area contributed by atoms with Crippen molar-refractivity contribution in [1.82, 2.24) is 5.32 Å². The van der Waals surface area contributed by atoms with Gasteiger partial charge in [0.1, 0.15) is 4.21 Å². The highest BCUT2D eigenvalue weighted by Gasteiger charge is 2.12. The van der Waals surface area contributed by atoms with Crippen molar-refractivity contribution < 1.29 is 13.2 Å². The zero-order chi connectivity index (χ0) is 14.0.